The van der Waals surface area contributed by atoms with Gasteiger partial charge in [0, 0.05) is 58.7 Å². The van der Waals surface area contributed by atoms with Crippen molar-refractivity contribution < 1.29 is 18.0 Å². The summed E-state index contributed by atoms with van der Waals surface area (Å²) in [7, 11) is -3.41. The smallest absolute Gasteiger partial charge is 0.237 e. The molecule has 2 fully saturated rings. The minimum absolute atomic E-state index is 0.138. The average molecular weight is 731 g/mol. The number of nitrogens with zero attached hydrogens (tertiary/aromatic N) is 3. The lowest BCUT2D eigenvalue weighted by atomic mass is 9.76. The van der Waals surface area contributed by atoms with E-state index in [1.54, 1.807) is 4.90 Å². The predicted molar refractivity (Wildman–Crippen MR) is 166 cm³/mol. The van der Waals surface area contributed by atoms with Gasteiger partial charge in [0.1, 0.15) is 0 Å². The van der Waals surface area contributed by atoms with E-state index in [4.69, 9.17) is 16.6 Å². The van der Waals surface area contributed by atoms with Crippen LogP contribution in [0.2, 0.25) is 5.02 Å². The number of fused-ring (bicyclic) bond motifs is 2. The van der Waals surface area contributed by atoms with Gasteiger partial charge in [-0.1, -0.05) is 27.5 Å². The standard InChI is InChI=1S/C29H35Br2ClN4O4S/c1-41(39,40)34-17-26(38)36-8-4-18(5-9-36)12-25(37)35-10-6-19(7-11-35)28-27-20(14-23(32)15-24(27)31)2-3-21-13-22(30)16-33-29(21)28/h13-16,18-19,28,34H,2-12,17H2,1H3/t28-/m1/s1. The van der Waals surface area contributed by atoms with Crippen LogP contribution in [0.5, 0.6) is 0 Å². The van der Waals surface area contributed by atoms with Crippen LogP contribution < -0.4 is 4.72 Å². The molecule has 3 heterocycles. The average Bonchev–Trinajstić information content (AvgIpc) is 3.08. The van der Waals surface area contributed by atoms with E-state index in [-0.39, 0.29) is 30.2 Å². The van der Waals surface area contributed by atoms with Crippen molar-refractivity contribution in [1.29, 1.82) is 0 Å². The number of halogens is 3. The van der Waals surface area contributed by atoms with Gasteiger partial charge in [0.15, 0.2) is 0 Å². The van der Waals surface area contributed by atoms with Crippen LogP contribution >= 0.6 is 43.5 Å². The molecule has 222 valence electrons. The van der Waals surface area contributed by atoms with E-state index in [1.807, 2.05) is 17.2 Å². The molecule has 2 aliphatic heterocycles. The summed E-state index contributed by atoms with van der Waals surface area (Å²) in [6.07, 6.45) is 8.55. The zero-order valence-electron chi connectivity index (χ0n) is 23.0. The van der Waals surface area contributed by atoms with Crippen LogP contribution in [0.15, 0.2) is 33.3 Å². The van der Waals surface area contributed by atoms with E-state index < -0.39 is 10.0 Å². The second-order valence-corrected chi connectivity index (χ2v) is 15.5. The normalized spacial score (nSPS) is 20.3. The van der Waals surface area contributed by atoms with Gasteiger partial charge in [0.25, 0.3) is 0 Å². The molecule has 2 aromatic rings. The maximum atomic E-state index is 13.3. The Kier molecular flexibility index (Phi) is 9.80. The molecule has 41 heavy (non-hydrogen) atoms. The highest BCUT2D eigenvalue weighted by Crippen LogP contribution is 2.46. The largest absolute Gasteiger partial charge is 0.343 e. The van der Waals surface area contributed by atoms with Crippen LogP contribution in [-0.4, -0.2) is 74.0 Å². The van der Waals surface area contributed by atoms with Crippen molar-refractivity contribution in [3.63, 3.8) is 0 Å². The molecule has 0 saturated carbocycles. The highest BCUT2D eigenvalue weighted by molar-refractivity contribution is 9.10. The van der Waals surface area contributed by atoms with Crippen LogP contribution in [0.1, 0.15) is 60.4 Å². The molecule has 1 aromatic heterocycles. The van der Waals surface area contributed by atoms with E-state index in [1.165, 1.54) is 16.7 Å². The van der Waals surface area contributed by atoms with E-state index in [0.29, 0.717) is 25.4 Å². The van der Waals surface area contributed by atoms with Gasteiger partial charge < -0.3 is 9.80 Å². The summed E-state index contributed by atoms with van der Waals surface area (Å²) < 4.78 is 26.8. The Morgan fingerprint density at radius 2 is 1.61 bits per heavy atom. The number of aryl methyl sites for hydroxylation is 2. The van der Waals surface area contributed by atoms with Crippen molar-refractivity contribution in [2.24, 2.45) is 11.8 Å². The number of hydrogen-bond donors (Lipinski definition) is 1. The summed E-state index contributed by atoms with van der Waals surface area (Å²) in [5.41, 5.74) is 4.94. The molecule has 2 amide bonds. The van der Waals surface area contributed by atoms with E-state index in [9.17, 15) is 18.0 Å². The van der Waals surface area contributed by atoms with Gasteiger partial charge in [0.05, 0.1) is 18.5 Å². The number of carbonyl (C=O) groups is 2. The minimum atomic E-state index is -3.41. The lowest BCUT2D eigenvalue weighted by molar-refractivity contribution is -0.134. The fourth-order valence-corrected chi connectivity index (χ4v) is 8.46. The Labute approximate surface area is 263 Å². The molecule has 2 saturated heterocycles. The quantitative estimate of drug-likeness (QED) is 0.456. The number of likely N-dealkylation sites (tertiary alicyclic amines) is 2. The van der Waals surface area contributed by atoms with Crippen LogP contribution in [-0.2, 0) is 32.5 Å². The number of piperidine rings is 2. The molecule has 0 spiro atoms. The monoisotopic (exact) mass is 728 g/mol. The summed E-state index contributed by atoms with van der Waals surface area (Å²) in [5, 5.41) is 0.732. The molecule has 3 aliphatic rings. The number of amides is 2. The SMILES string of the molecule is CS(=O)(=O)NCC(=O)N1CCC(CC(=O)N2CCC([C@H]3c4ncc(Br)cc4CCc4cc(Cl)cc(Br)c43)CC2)CC1. The topological polar surface area (TPSA) is 99.7 Å². The number of rotatable bonds is 6. The van der Waals surface area contributed by atoms with Gasteiger partial charge >= 0.3 is 0 Å². The first-order chi connectivity index (χ1) is 19.5. The number of pyridine rings is 1. The summed E-state index contributed by atoms with van der Waals surface area (Å²) in [6, 6.07) is 6.27. The van der Waals surface area contributed by atoms with Crippen LogP contribution in [0.4, 0.5) is 0 Å². The molecule has 1 aromatic carbocycles. The first-order valence-corrected chi connectivity index (χ1v) is 18.0. The van der Waals surface area contributed by atoms with Crippen LogP contribution in [0.25, 0.3) is 0 Å². The molecule has 1 aliphatic carbocycles. The van der Waals surface area contributed by atoms with Crippen molar-refractivity contribution in [2.75, 3.05) is 39.0 Å². The number of benzene rings is 1. The first kappa shape index (κ1) is 30.9. The van der Waals surface area contributed by atoms with Crippen molar-refractivity contribution in [3.05, 3.63) is 60.7 Å². The third-order valence-electron chi connectivity index (χ3n) is 8.70. The van der Waals surface area contributed by atoms with Gasteiger partial charge in [-0.15, -0.1) is 0 Å². The van der Waals surface area contributed by atoms with E-state index in [2.05, 4.69) is 48.7 Å². The molecule has 8 nitrogen and oxygen atoms in total. The van der Waals surface area contributed by atoms with Gasteiger partial charge in [-0.3, -0.25) is 14.6 Å². The fourth-order valence-electron chi connectivity index (χ4n) is 6.58. The molecule has 0 unspecified atom stereocenters. The fraction of sp³-hybridized carbons (Fsp3) is 0.552. The Balaban J connectivity index is 1.20. The van der Waals surface area contributed by atoms with Crippen molar-refractivity contribution in [3.8, 4) is 0 Å². The Hall–Kier alpha value is -1.53. The third kappa shape index (κ3) is 7.52. The maximum Gasteiger partial charge on any atom is 0.237 e. The first-order valence-electron chi connectivity index (χ1n) is 14.1. The molecule has 0 bridgehead atoms. The summed E-state index contributed by atoms with van der Waals surface area (Å²) in [4.78, 5) is 34.2. The zero-order chi connectivity index (χ0) is 29.3. The van der Waals surface area contributed by atoms with Gasteiger partial charge in [-0.25, -0.2) is 13.1 Å². The minimum Gasteiger partial charge on any atom is -0.343 e. The second kappa shape index (κ2) is 13.0. The molecule has 5 rings (SSSR count). The van der Waals surface area contributed by atoms with Crippen molar-refractivity contribution >= 4 is 65.3 Å². The summed E-state index contributed by atoms with van der Waals surface area (Å²) >= 11 is 13.9. The summed E-state index contributed by atoms with van der Waals surface area (Å²) in [6.45, 7) is 2.32. The maximum absolute atomic E-state index is 13.3. The zero-order valence-corrected chi connectivity index (χ0v) is 27.8. The van der Waals surface area contributed by atoms with Gasteiger partial charge in [-0.2, -0.15) is 0 Å². The van der Waals surface area contributed by atoms with Crippen LogP contribution in [0.3, 0.4) is 0 Å². The number of sulfonamides is 1. The number of nitrogens with one attached hydrogen (secondary N) is 1. The highest BCUT2D eigenvalue weighted by atomic mass is 79.9. The van der Waals surface area contributed by atoms with Gasteiger partial charge in [-0.05, 0) is 101 Å². The molecular weight excluding hydrogens is 696 g/mol. The summed E-state index contributed by atoms with van der Waals surface area (Å²) in [5.74, 6) is 0.689. The lowest BCUT2D eigenvalue weighted by Crippen LogP contribution is -2.45. The van der Waals surface area contributed by atoms with Gasteiger partial charge in [0.2, 0.25) is 21.8 Å². The molecular formula is C29H35Br2ClN4O4S. The predicted octanol–water partition coefficient (Wildman–Crippen LogP) is 4.91. The Bertz CT molecular complexity index is 1420. The van der Waals surface area contributed by atoms with Crippen molar-refractivity contribution in [2.45, 2.75) is 50.9 Å². The number of aromatic nitrogens is 1. The molecule has 0 radical (unpaired) electrons. The second-order valence-electron chi connectivity index (χ2n) is 11.5. The third-order valence-corrected chi connectivity index (χ3v) is 10.7. The van der Waals surface area contributed by atoms with E-state index in [0.717, 1.165) is 77.5 Å². The highest BCUT2D eigenvalue weighted by Gasteiger charge is 2.37. The number of hydrogen-bond acceptors (Lipinski definition) is 5. The lowest BCUT2D eigenvalue weighted by Gasteiger charge is -2.38. The van der Waals surface area contributed by atoms with Crippen LogP contribution in [0, 0.1) is 11.8 Å². The number of carbonyl (C=O) groups excluding carboxylic acids is 2. The molecule has 1 N–H and O–H groups in total. The Morgan fingerprint density at radius 3 is 2.29 bits per heavy atom. The molecule has 1 atom stereocenters. The van der Waals surface area contributed by atoms with Crippen molar-refractivity contribution in [1.82, 2.24) is 19.5 Å². The van der Waals surface area contributed by atoms with E-state index >= 15 is 0 Å². The molecule has 12 heteroatoms. The Morgan fingerprint density at radius 1 is 0.976 bits per heavy atom.